The number of allylic oxidation sites excluding steroid dienone is 2. The van der Waals surface area contributed by atoms with Gasteiger partial charge in [0.25, 0.3) is 0 Å². The molecule has 0 amide bonds. The number of hydrogen-bond donors (Lipinski definition) is 4. The van der Waals surface area contributed by atoms with Crippen molar-refractivity contribution in [2.75, 3.05) is 13.1 Å². The van der Waals surface area contributed by atoms with Crippen LogP contribution in [-0.2, 0) is 0 Å². The van der Waals surface area contributed by atoms with Crippen LogP contribution in [0.3, 0.4) is 0 Å². The molecule has 6 aromatic rings. The van der Waals surface area contributed by atoms with Crippen LogP contribution in [0.15, 0.2) is 129 Å². The topological polar surface area (TPSA) is 152 Å². The van der Waals surface area contributed by atoms with Crippen LogP contribution in [0.25, 0.3) is 33.4 Å². The third-order valence-electron chi connectivity index (χ3n) is 8.68. The van der Waals surface area contributed by atoms with E-state index < -0.39 is 5.63 Å². The van der Waals surface area contributed by atoms with Gasteiger partial charge in [-0.2, -0.15) is 10.5 Å². The van der Waals surface area contributed by atoms with Crippen molar-refractivity contribution in [3.63, 3.8) is 0 Å². The molecule has 0 radical (unpaired) electrons. The summed E-state index contributed by atoms with van der Waals surface area (Å²) < 4.78 is 5.43. The molecule has 2 fully saturated rings. The molecule has 3 aromatic heterocycles. The van der Waals surface area contributed by atoms with Crippen molar-refractivity contribution in [1.82, 2.24) is 31.7 Å². The van der Waals surface area contributed by atoms with Gasteiger partial charge in [-0.3, -0.25) is 10.9 Å². The maximum Gasteiger partial charge on any atom is 0.345 e. The van der Waals surface area contributed by atoms with E-state index in [0.717, 1.165) is 22.5 Å². The van der Waals surface area contributed by atoms with Crippen molar-refractivity contribution < 1.29 is 4.42 Å². The molecule has 2 aliphatic rings. The summed E-state index contributed by atoms with van der Waals surface area (Å²) in [4.78, 5) is 21.3. The number of fused-ring (bicyclic) bond motifs is 1. The number of benzene rings is 3. The highest BCUT2D eigenvalue weighted by Crippen LogP contribution is 2.32. The Morgan fingerprint density at radius 3 is 1.96 bits per heavy atom. The van der Waals surface area contributed by atoms with Crippen LogP contribution in [0.4, 0.5) is 0 Å². The number of hydrogen-bond acceptors (Lipinski definition) is 12. The first-order chi connectivity index (χ1) is 25.1. The second kappa shape index (κ2) is 16.0. The molecule has 0 aliphatic carbocycles. The van der Waals surface area contributed by atoms with Crippen LogP contribution < -0.4 is 27.3 Å². The zero-order valence-corrected chi connectivity index (χ0v) is 28.8. The molecule has 4 atom stereocenters. The Kier molecular flexibility index (Phi) is 10.6. The molecule has 10 nitrogen and oxygen atoms in total. The van der Waals surface area contributed by atoms with Crippen molar-refractivity contribution in [3.8, 4) is 23.4 Å². The Bertz CT molecular complexity index is 2300. The number of hydrazine groups is 2. The van der Waals surface area contributed by atoms with E-state index >= 15 is 0 Å². The molecule has 0 saturated carbocycles. The lowest BCUT2D eigenvalue weighted by Gasteiger charge is -2.15. The quantitative estimate of drug-likeness (QED) is 0.103. The Morgan fingerprint density at radius 1 is 0.784 bits per heavy atom. The third-order valence-corrected chi connectivity index (χ3v) is 10.4. The molecule has 0 bridgehead atoms. The number of nitrogens with one attached hydrogen (secondary N) is 4. The van der Waals surface area contributed by atoms with Gasteiger partial charge >= 0.3 is 5.63 Å². The monoisotopic (exact) mass is 708 g/mol. The van der Waals surface area contributed by atoms with E-state index in [1.54, 1.807) is 23.7 Å². The van der Waals surface area contributed by atoms with Crippen LogP contribution in [0.1, 0.15) is 33.2 Å². The maximum absolute atomic E-state index is 12.5. The van der Waals surface area contributed by atoms with Crippen LogP contribution in [0.2, 0.25) is 0 Å². The van der Waals surface area contributed by atoms with Gasteiger partial charge < -0.3 is 4.42 Å². The summed E-state index contributed by atoms with van der Waals surface area (Å²) >= 11 is 2.84. The minimum atomic E-state index is -0.439. The Labute approximate surface area is 302 Å². The van der Waals surface area contributed by atoms with E-state index in [0.29, 0.717) is 39.5 Å². The summed E-state index contributed by atoms with van der Waals surface area (Å²) in [6, 6.07) is 34.3. The molecular formula is C39H32N8O2S2. The second-order valence-electron chi connectivity index (χ2n) is 11.9. The summed E-state index contributed by atoms with van der Waals surface area (Å²) in [5.41, 5.74) is 17.4. The zero-order valence-electron chi connectivity index (χ0n) is 27.2. The van der Waals surface area contributed by atoms with E-state index in [2.05, 4.69) is 68.1 Å². The van der Waals surface area contributed by atoms with E-state index in [4.69, 9.17) is 4.42 Å². The molecule has 8 rings (SSSR count). The van der Waals surface area contributed by atoms with Gasteiger partial charge in [0, 0.05) is 47.3 Å². The van der Waals surface area contributed by atoms with Crippen LogP contribution in [0.5, 0.6) is 0 Å². The Morgan fingerprint density at radius 2 is 1.37 bits per heavy atom. The molecule has 4 N–H and O–H groups in total. The fourth-order valence-corrected chi connectivity index (χ4v) is 7.58. The lowest BCUT2D eigenvalue weighted by Crippen LogP contribution is -2.24. The fraction of sp³-hybridized carbons (Fsp3) is 0.154. The molecule has 2 aliphatic heterocycles. The first kappa shape index (κ1) is 33.9. The maximum atomic E-state index is 12.5. The average Bonchev–Trinajstić information content (AvgIpc) is 4.02. The van der Waals surface area contributed by atoms with Gasteiger partial charge in [0.1, 0.15) is 27.7 Å². The summed E-state index contributed by atoms with van der Waals surface area (Å²) in [6.07, 6.45) is 5.70. The molecule has 12 heteroatoms. The van der Waals surface area contributed by atoms with Crippen molar-refractivity contribution in [3.05, 3.63) is 152 Å². The van der Waals surface area contributed by atoms with Crippen molar-refractivity contribution >= 4 is 44.8 Å². The first-order valence-electron chi connectivity index (χ1n) is 16.3. The summed E-state index contributed by atoms with van der Waals surface area (Å²) in [7, 11) is 0. The van der Waals surface area contributed by atoms with E-state index in [-0.39, 0.29) is 23.9 Å². The normalized spacial score (nSPS) is 20.4. The van der Waals surface area contributed by atoms with Gasteiger partial charge in [0.2, 0.25) is 0 Å². The second-order valence-corrected chi connectivity index (χ2v) is 13.7. The minimum absolute atomic E-state index is 0.0662. The summed E-state index contributed by atoms with van der Waals surface area (Å²) in [5.74, 6) is 0.325. The highest BCUT2D eigenvalue weighted by molar-refractivity contribution is 7.11. The van der Waals surface area contributed by atoms with Gasteiger partial charge in [-0.1, -0.05) is 91.0 Å². The highest BCUT2D eigenvalue weighted by atomic mass is 32.1. The van der Waals surface area contributed by atoms with E-state index in [1.165, 1.54) is 28.2 Å². The van der Waals surface area contributed by atoms with Crippen molar-refractivity contribution in [2.24, 2.45) is 11.8 Å². The predicted octanol–water partition coefficient (Wildman–Crippen LogP) is 6.80. The van der Waals surface area contributed by atoms with E-state index in [1.807, 2.05) is 72.1 Å². The van der Waals surface area contributed by atoms with Gasteiger partial charge in [-0.05, 0) is 23.3 Å². The number of para-hydroxylation sites is 1. The third kappa shape index (κ3) is 7.77. The van der Waals surface area contributed by atoms with Gasteiger partial charge in [0.05, 0.1) is 34.5 Å². The van der Waals surface area contributed by atoms with Gasteiger partial charge in [0.15, 0.2) is 0 Å². The predicted molar refractivity (Wildman–Crippen MR) is 201 cm³/mol. The molecule has 2 saturated heterocycles. The smallest absolute Gasteiger partial charge is 0.345 e. The largest absolute Gasteiger partial charge is 0.422 e. The van der Waals surface area contributed by atoms with Gasteiger partial charge in [-0.15, -0.1) is 22.7 Å². The van der Waals surface area contributed by atoms with Gasteiger partial charge in [-0.25, -0.2) is 25.6 Å². The zero-order chi connectivity index (χ0) is 35.0. The minimum Gasteiger partial charge on any atom is -0.422 e. The van der Waals surface area contributed by atoms with Crippen molar-refractivity contribution in [1.29, 1.82) is 10.5 Å². The lowest BCUT2D eigenvalue weighted by molar-refractivity contribution is 0.540. The number of nitriles is 2. The van der Waals surface area contributed by atoms with Crippen LogP contribution in [0, 0.1) is 34.5 Å². The highest BCUT2D eigenvalue weighted by Gasteiger charge is 2.28. The summed E-state index contributed by atoms with van der Waals surface area (Å²) in [5, 5.41) is 25.0. The molecular weight excluding hydrogens is 677 g/mol. The SMILES string of the molecule is N#C/C(=C\C1CNNC1c1ccccc1)c1nc(-c2cc3ccccc3oc2=O)cs1.N#C/C(=C\C1CNNC1c1ccccc1)c1nccs1. The Hall–Kier alpha value is -5.57. The molecule has 5 heterocycles. The Balaban J connectivity index is 0.000000175. The summed E-state index contributed by atoms with van der Waals surface area (Å²) in [6.45, 7) is 1.51. The van der Waals surface area contributed by atoms with Crippen molar-refractivity contribution in [2.45, 2.75) is 12.1 Å². The fourth-order valence-electron chi connectivity index (χ4n) is 6.17. The van der Waals surface area contributed by atoms with Crippen LogP contribution >= 0.6 is 22.7 Å². The molecule has 252 valence electrons. The first-order valence-corrected chi connectivity index (χ1v) is 18.1. The average molecular weight is 709 g/mol. The number of aromatic nitrogens is 2. The molecule has 4 unspecified atom stereocenters. The number of thiazole rings is 2. The molecule has 3 aromatic carbocycles. The van der Waals surface area contributed by atoms with Crippen LogP contribution in [-0.4, -0.2) is 23.1 Å². The van der Waals surface area contributed by atoms with E-state index in [9.17, 15) is 15.3 Å². The number of nitrogens with zero attached hydrogens (tertiary/aromatic N) is 4. The molecule has 51 heavy (non-hydrogen) atoms. The lowest BCUT2D eigenvalue weighted by atomic mass is 9.93. The molecule has 0 spiro atoms. The number of rotatable bonds is 7. The standard InChI is InChI=1S/C24H18N4O2S.C15H14N4S/c25-12-17(10-18-13-26-28-22(18)15-6-2-1-3-7-15)23-27-20(14-31-23)19-11-16-8-4-5-9-21(16)30-24(19)29;16-9-12(15-17-6-7-20-15)8-13-10-18-19-14(13)11-4-2-1-3-5-11/h1-11,14,18,22,26,28H,13H2;1-8,13-14,18-19H,10H2/b17-10+;12-8+.